The lowest BCUT2D eigenvalue weighted by atomic mass is 10.3. The van der Waals surface area contributed by atoms with Crippen molar-refractivity contribution in [3.05, 3.63) is 30.1 Å². The van der Waals surface area contributed by atoms with Crippen molar-refractivity contribution >= 4 is 16.0 Å². The summed E-state index contributed by atoms with van der Waals surface area (Å²) in [6.45, 7) is 1.27. The third-order valence-corrected chi connectivity index (χ3v) is 3.96. The molecule has 0 bridgehead atoms. The van der Waals surface area contributed by atoms with Crippen molar-refractivity contribution in [1.29, 1.82) is 0 Å². The molecule has 2 N–H and O–H groups in total. The summed E-state index contributed by atoms with van der Waals surface area (Å²) >= 11 is 0. The van der Waals surface area contributed by atoms with Crippen molar-refractivity contribution in [1.82, 2.24) is 9.71 Å². The van der Waals surface area contributed by atoms with Gasteiger partial charge < -0.3 is 5.11 Å². The number of pyridine rings is 1. The molecule has 0 fully saturated rings. The van der Waals surface area contributed by atoms with Gasteiger partial charge in [0.05, 0.1) is 0 Å². The molecule has 1 rings (SSSR count). The molecule has 0 amide bonds. The smallest absolute Gasteiger partial charge is 0.323 e. The van der Waals surface area contributed by atoms with Crippen LogP contribution in [0, 0.1) is 0 Å². The van der Waals surface area contributed by atoms with Gasteiger partial charge in [-0.2, -0.15) is 0 Å². The Kier molecular flexibility index (Phi) is 4.59. The van der Waals surface area contributed by atoms with Gasteiger partial charge in [-0.3, -0.25) is 9.78 Å². The lowest BCUT2D eigenvalue weighted by Gasteiger charge is -2.09. The fourth-order valence-electron chi connectivity index (χ4n) is 1.13. The van der Waals surface area contributed by atoms with Crippen LogP contribution in [0.4, 0.5) is 0 Å². The van der Waals surface area contributed by atoms with Gasteiger partial charge in [-0.1, -0.05) is 6.07 Å². The van der Waals surface area contributed by atoms with Gasteiger partial charge >= 0.3 is 5.97 Å². The largest absolute Gasteiger partial charge is 0.480 e. The Morgan fingerprint density at radius 3 is 2.76 bits per heavy atom. The maximum atomic E-state index is 11.4. The lowest BCUT2D eigenvalue weighted by molar-refractivity contribution is -0.136. The summed E-state index contributed by atoms with van der Waals surface area (Å²) in [5, 5.41) is 7.15. The third kappa shape index (κ3) is 4.12. The number of carboxylic acids is 1. The van der Waals surface area contributed by atoms with E-state index in [2.05, 4.69) is 9.71 Å². The van der Waals surface area contributed by atoms with E-state index in [9.17, 15) is 13.2 Å². The first kappa shape index (κ1) is 13.6. The minimum absolute atomic E-state index is 0.136. The second kappa shape index (κ2) is 5.74. The monoisotopic (exact) mass is 258 g/mol. The van der Waals surface area contributed by atoms with Crippen LogP contribution in [0.2, 0.25) is 0 Å². The SMILES string of the molecule is CC(C(=O)O)S(=O)(=O)NCCc1ccccn1. The Balaban J connectivity index is 2.49. The summed E-state index contributed by atoms with van der Waals surface area (Å²) in [6, 6.07) is 5.34. The Hall–Kier alpha value is -1.47. The quantitative estimate of drug-likeness (QED) is 0.749. The predicted molar refractivity (Wildman–Crippen MR) is 62.0 cm³/mol. The summed E-state index contributed by atoms with van der Waals surface area (Å²) in [7, 11) is -3.81. The van der Waals surface area contributed by atoms with Gasteiger partial charge in [0.2, 0.25) is 10.0 Å². The van der Waals surface area contributed by atoms with E-state index in [1.807, 2.05) is 0 Å². The standard InChI is InChI=1S/C10H14N2O4S/c1-8(10(13)14)17(15,16)12-7-5-9-4-2-3-6-11-9/h2-4,6,8,12H,5,7H2,1H3,(H,13,14). The van der Waals surface area contributed by atoms with Crippen molar-refractivity contribution < 1.29 is 18.3 Å². The molecular formula is C10H14N2O4S. The molecule has 17 heavy (non-hydrogen) atoms. The molecule has 1 aromatic rings. The zero-order valence-corrected chi connectivity index (χ0v) is 10.1. The first-order chi connectivity index (χ1) is 7.93. The molecule has 0 saturated carbocycles. The summed E-state index contributed by atoms with van der Waals surface area (Å²) in [6.07, 6.45) is 2.04. The molecule has 6 nitrogen and oxygen atoms in total. The van der Waals surface area contributed by atoms with Crippen molar-refractivity contribution in [2.75, 3.05) is 6.54 Å². The number of aromatic nitrogens is 1. The van der Waals surface area contributed by atoms with Crippen LogP contribution in [0.3, 0.4) is 0 Å². The van der Waals surface area contributed by atoms with Crippen molar-refractivity contribution in [3.8, 4) is 0 Å². The average molecular weight is 258 g/mol. The second-order valence-electron chi connectivity index (χ2n) is 3.49. The number of carboxylic acid groups (broad SMARTS) is 1. The number of aliphatic carboxylic acids is 1. The van der Waals surface area contributed by atoms with E-state index in [0.29, 0.717) is 6.42 Å². The van der Waals surface area contributed by atoms with E-state index >= 15 is 0 Å². The second-order valence-corrected chi connectivity index (χ2v) is 5.58. The van der Waals surface area contributed by atoms with E-state index in [4.69, 9.17) is 5.11 Å². The van der Waals surface area contributed by atoms with Gasteiger partial charge in [-0.15, -0.1) is 0 Å². The molecule has 0 spiro atoms. The highest BCUT2D eigenvalue weighted by Gasteiger charge is 2.26. The van der Waals surface area contributed by atoms with Crippen LogP contribution >= 0.6 is 0 Å². The number of nitrogens with one attached hydrogen (secondary N) is 1. The first-order valence-corrected chi connectivity index (χ1v) is 6.59. The van der Waals surface area contributed by atoms with Crippen LogP contribution in [0.25, 0.3) is 0 Å². The molecule has 0 aliphatic rings. The molecule has 0 saturated heterocycles. The minimum atomic E-state index is -3.81. The van der Waals surface area contributed by atoms with Crippen molar-refractivity contribution in [2.24, 2.45) is 0 Å². The molecule has 1 heterocycles. The highest BCUT2D eigenvalue weighted by atomic mass is 32.2. The van der Waals surface area contributed by atoms with Gasteiger partial charge in [-0.25, -0.2) is 13.1 Å². The fourth-order valence-corrected chi connectivity index (χ4v) is 2.03. The van der Waals surface area contributed by atoms with Crippen LogP contribution in [0.1, 0.15) is 12.6 Å². The first-order valence-electron chi connectivity index (χ1n) is 5.04. The van der Waals surface area contributed by atoms with E-state index in [-0.39, 0.29) is 6.54 Å². The number of hydrogen-bond acceptors (Lipinski definition) is 4. The van der Waals surface area contributed by atoms with Gasteiger partial charge in [0.15, 0.2) is 5.25 Å². The van der Waals surface area contributed by atoms with E-state index < -0.39 is 21.2 Å². The average Bonchev–Trinajstić information content (AvgIpc) is 2.29. The Morgan fingerprint density at radius 1 is 1.53 bits per heavy atom. The number of nitrogens with zero attached hydrogens (tertiary/aromatic N) is 1. The molecule has 0 aromatic carbocycles. The highest BCUT2D eigenvalue weighted by Crippen LogP contribution is 1.99. The van der Waals surface area contributed by atoms with Crippen LogP contribution < -0.4 is 4.72 Å². The van der Waals surface area contributed by atoms with E-state index in [1.165, 1.54) is 0 Å². The highest BCUT2D eigenvalue weighted by molar-refractivity contribution is 7.90. The summed E-state index contributed by atoms with van der Waals surface area (Å²) in [5.74, 6) is -1.37. The van der Waals surface area contributed by atoms with E-state index in [0.717, 1.165) is 12.6 Å². The van der Waals surface area contributed by atoms with Crippen molar-refractivity contribution in [3.63, 3.8) is 0 Å². The molecule has 1 aromatic heterocycles. The minimum Gasteiger partial charge on any atom is -0.480 e. The van der Waals surface area contributed by atoms with Gasteiger partial charge in [0.1, 0.15) is 0 Å². The van der Waals surface area contributed by atoms with Gasteiger partial charge in [0, 0.05) is 24.9 Å². The molecule has 1 unspecified atom stereocenters. The summed E-state index contributed by atoms with van der Waals surface area (Å²) in [5.41, 5.74) is 0.748. The Morgan fingerprint density at radius 2 is 2.24 bits per heavy atom. The number of carbonyl (C=O) groups is 1. The van der Waals surface area contributed by atoms with Crippen LogP contribution in [-0.2, 0) is 21.2 Å². The molecule has 94 valence electrons. The topological polar surface area (TPSA) is 96.4 Å². The van der Waals surface area contributed by atoms with Gasteiger partial charge in [0.25, 0.3) is 0 Å². The lowest BCUT2D eigenvalue weighted by Crippen LogP contribution is -2.38. The predicted octanol–water partition coefficient (Wildman–Crippen LogP) is 0.0166. The van der Waals surface area contributed by atoms with Crippen molar-refractivity contribution in [2.45, 2.75) is 18.6 Å². The molecule has 0 radical (unpaired) electrons. The molecular weight excluding hydrogens is 244 g/mol. The normalized spacial score (nSPS) is 13.2. The zero-order valence-electron chi connectivity index (χ0n) is 9.33. The van der Waals surface area contributed by atoms with Crippen LogP contribution in [-0.4, -0.2) is 36.3 Å². The van der Waals surface area contributed by atoms with Gasteiger partial charge in [-0.05, 0) is 19.1 Å². The number of rotatable bonds is 6. The number of hydrogen-bond donors (Lipinski definition) is 2. The van der Waals surface area contributed by atoms with E-state index in [1.54, 1.807) is 24.4 Å². The zero-order chi connectivity index (χ0) is 12.9. The summed E-state index contributed by atoms with van der Waals surface area (Å²) in [4.78, 5) is 14.6. The Labute approximate surface area is 99.7 Å². The molecule has 0 aliphatic heterocycles. The maximum Gasteiger partial charge on any atom is 0.323 e. The molecule has 1 atom stereocenters. The van der Waals surface area contributed by atoms with Crippen LogP contribution in [0.15, 0.2) is 24.4 Å². The number of sulfonamides is 1. The molecule has 7 heteroatoms. The summed E-state index contributed by atoms with van der Waals surface area (Å²) < 4.78 is 25.1. The maximum absolute atomic E-state index is 11.4. The van der Waals surface area contributed by atoms with Crippen LogP contribution in [0.5, 0.6) is 0 Å². The molecule has 0 aliphatic carbocycles. The fraction of sp³-hybridized carbons (Fsp3) is 0.400. The Bertz CT molecular complexity index is 472. The third-order valence-electron chi connectivity index (χ3n) is 2.22.